The molecule has 8 heteroatoms. The van der Waals surface area contributed by atoms with Crippen molar-refractivity contribution < 1.29 is 18.8 Å². The quantitative estimate of drug-likeness (QED) is 0.563. The van der Waals surface area contributed by atoms with Crippen LogP contribution in [0.25, 0.3) is 0 Å². The van der Waals surface area contributed by atoms with E-state index in [-0.39, 0.29) is 19.3 Å². The lowest BCUT2D eigenvalue weighted by Crippen LogP contribution is -2.53. The van der Waals surface area contributed by atoms with Crippen LogP contribution in [0.2, 0.25) is 0 Å². The van der Waals surface area contributed by atoms with Crippen LogP contribution in [-0.2, 0) is 20.8 Å². The van der Waals surface area contributed by atoms with Crippen LogP contribution >= 0.6 is 0 Å². The Morgan fingerprint density at radius 1 is 1.20 bits per heavy atom. The van der Waals surface area contributed by atoms with Crippen molar-refractivity contribution in [3.8, 4) is 6.07 Å². The fourth-order valence-corrected chi connectivity index (χ4v) is 2.25. The molecule has 4 N–H and O–H groups in total. The van der Waals surface area contributed by atoms with Crippen LogP contribution in [0.5, 0.6) is 0 Å². The molecule has 3 amide bonds. The van der Waals surface area contributed by atoms with E-state index in [1.165, 1.54) is 31.2 Å². The van der Waals surface area contributed by atoms with Gasteiger partial charge >= 0.3 is 0 Å². The number of unbranched alkanes of at least 4 members (excludes halogenated alkanes) is 1. The molecule has 0 aromatic heterocycles. The Balaban J connectivity index is 2.80. The fraction of sp³-hybridized carbons (Fsp3) is 0.412. The average Bonchev–Trinajstić information content (AvgIpc) is 2.54. The molecule has 0 fully saturated rings. The van der Waals surface area contributed by atoms with Gasteiger partial charge in [0.25, 0.3) is 0 Å². The van der Waals surface area contributed by atoms with Gasteiger partial charge in [-0.05, 0) is 30.5 Å². The highest BCUT2D eigenvalue weighted by molar-refractivity contribution is 5.91. The molecule has 0 aliphatic rings. The SMILES string of the molecule is CC(=O)N[C@@H](Cc1ccc(F)cc1)C(=O)N[C@H](CCCC#N)C(N)=O. The Labute approximate surface area is 145 Å². The zero-order valence-electron chi connectivity index (χ0n) is 13.9. The molecule has 1 aromatic carbocycles. The predicted octanol–water partition coefficient (Wildman–Crippen LogP) is 0.537. The fourth-order valence-electron chi connectivity index (χ4n) is 2.25. The van der Waals surface area contributed by atoms with Gasteiger partial charge in [-0.25, -0.2) is 4.39 Å². The number of nitriles is 1. The molecular formula is C17H21FN4O3. The summed E-state index contributed by atoms with van der Waals surface area (Å²) in [7, 11) is 0. The molecule has 0 spiro atoms. The maximum absolute atomic E-state index is 13.0. The van der Waals surface area contributed by atoms with E-state index in [9.17, 15) is 18.8 Å². The van der Waals surface area contributed by atoms with Crippen LogP contribution in [0.15, 0.2) is 24.3 Å². The third-order valence-electron chi connectivity index (χ3n) is 3.49. The first-order valence-corrected chi connectivity index (χ1v) is 7.81. The maximum atomic E-state index is 13.0. The van der Waals surface area contributed by atoms with Gasteiger partial charge in [0.05, 0.1) is 6.07 Å². The number of benzene rings is 1. The second-order valence-corrected chi connectivity index (χ2v) is 5.60. The van der Waals surface area contributed by atoms with Gasteiger partial charge in [0.15, 0.2) is 0 Å². The van der Waals surface area contributed by atoms with Gasteiger partial charge in [0.2, 0.25) is 17.7 Å². The van der Waals surface area contributed by atoms with Crippen LogP contribution in [0.3, 0.4) is 0 Å². The Morgan fingerprint density at radius 3 is 2.36 bits per heavy atom. The molecule has 0 saturated carbocycles. The van der Waals surface area contributed by atoms with Crippen molar-refractivity contribution in [1.29, 1.82) is 5.26 Å². The minimum absolute atomic E-state index is 0.134. The van der Waals surface area contributed by atoms with Gasteiger partial charge < -0.3 is 16.4 Å². The van der Waals surface area contributed by atoms with Gasteiger partial charge in [-0.1, -0.05) is 12.1 Å². The van der Waals surface area contributed by atoms with Crippen molar-refractivity contribution in [2.24, 2.45) is 5.73 Å². The number of nitrogens with zero attached hydrogens (tertiary/aromatic N) is 1. The molecule has 25 heavy (non-hydrogen) atoms. The van der Waals surface area contributed by atoms with Crippen LogP contribution < -0.4 is 16.4 Å². The number of primary amides is 1. The van der Waals surface area contributed by atoms with Crippen molar-refractivity contribution in [3.63, 3.8) is 0 Å². The summed E-state index contributed by atoms with van der Waals surface area (Å²) in [6, 6.07) is 5.63. The van der Waals surface area contributed by atoms with Crippen molar-refractivity contribution >= 4 is 17.7 Å². The number of carbonyl (C=O) groups is 3. The summed E-state index contributed by atoms with van der Waals surface area (Å²) >= 11 is 0. The highest BCUT2D eigenvalue weighted by atomic mass is 19.1. The lowest BCUT2D eigenvalue weighted by Gasteiger charge is -2.21. The molecule has 0 heterocycles. The molecule has 7 nitrogen and oxygen atoms in total. The third-order valence-corrected chi connectivity index (χ3v) is 3.49. The number of hydrogen-bond acceptors (Lipinski definition) is 4. The van der Waals surface area contributed by atoms with Crippen LogP contribution in [-0.4, -0.2) is 29.8 Å². The van der Waals surface area contributed by atoms with E-state index in [1.807, 2.05) is 6.07 Å². The van der Waals surface area contributed by atoms with Crippen molar-refractivity contribution in [2.75, 3.05) is 0 Å². The summed E-state index contributed by atoms with van der Waals surface area (Å²) in [6.07, 6.45) is 1.02. The van der Waals surface area contributed by atoms with Crippen LogP contribution in [0, 0.1) is 17.1 Å². The Hall–Kier alpha value is -2.95. The minimum Gasteiger partial charge on any atom is -0.368 e. The van der Waals surface area contributed by atoms with Crippen molar-refractivity contribution in [1.82, 2.24) is 10.6 Å². The molecule has 0 bridgehead atoms. The normalized spacial score (nSPS) is 12.5. The van der Waals surface area contributed by atoms with E-state index in [0.717, 1.165) is 0 Å². The standard InChI is InChI=1S/C17H21FN4O3/c1-11(23)21-15(10-12-5-7-13(18)8-6-12)17(25)22-14(16(20)24)4-2-3-9-19/h5-8,14-15H,2-4,10H2,1H3,(H2,20,24)(H,21,23)(H,22,25)/t14-,15+/m1/s1. The molecular weight excluding hydrogens is 327 g/mol. The monoisotopic (exact) mass is 348 g/mol. The Kier molecular flexibility index (Phi) is 8.06. The van der Waals surface area contributed by atoms with E-state index < -0.39 is 35.6 Å². The zero-order valence-corrected chi connectivity index (χ0v) is 13.9. The summed E-state index contributed by atoms with van der Waals surface area (Å²) < 4.78 is 13.0. The number of nitrogens with two attached hydrogens (primary N) is 1. The summed E-state index contributed by atoms with van der Waals surface area (Å²) in [5.74, 6) is -2.10. The average molecular weight is 348 g/mol. The number of nitrogens with one attached hydrogen (secondary N) is 2. The van der Waals surface area contributed by atoms with Gasteiger partial charge in [-0.15, -0.1) is 0 Å². The van der Waals surface area contributed by atoms with E-state index in [4.69, 9.17) is 11.0 Å². The lowest BCUT2D eigenvalue weighted by atomic mass is 10.0. The van der Waals surface area contributed by atoms with Gasteiger partial charge in [-0.3, -0.25) is 14.4 Å². The molecule has 1 aromatic rings. The molecule has 1 rings (SSSR count). The first kappa shape index (κ1) is 20.1. The summed E-state index contributed by atoms with van der Waals surface area (Å²) in [5.41, 5.74) is 5.92. The summed E-state index contributed by atoms with van der Waals surface area (Å²) in [5, 5.41) is 13.5. The smallest absolute Gasteiger partial charge is 0.243 e. The lowest BCUT2D eigenvalue weighted by molar-refractivity contribution is -0.130. The molecule has 0 aliphatic carbocycles. The van der Waals surface area contributed by atoms with Gasteiger partial charge in [-0.2, -0.15) is 5.26 Å². The summed E-state index contributed by atoms with van der Waals surface area (Å²) in [6.45, 7) is 1.27. The number of rotatable bonds is 9. The highest BCUT2D eigenvalue weighted by Crippen LogP contribution is 2.07. The molecule has 2 atom stereocenters. The van der Waals surface area contributed by atoms with Crippen molar-refractivity contribution in [3.05, 3.63) is 35.6 Å². The summed E-state index contributed by atoms with van der Waals surface area (Å²) in [4.78, 5) is 35.2. The van der Waals surface area contributed by atoms with Crippen LogP contribution in [0.1, 0.15) is 31.7 Å². The first-order chi connectivity index (χ1) is 11.8. The molecule has 134 valence electrons. The number of amides is 3. The van der Waals surface area contributed by atoms with E-state index in [0.29, 0.717) is 12.0 Å². The Morgan fingerprint density at radius 2 is 1.84 bits per heavy atom. The number of halogens is 1. The molecule has 0 saturated heterocycles. The maximum Gasteiger partial charge on any atom is 0.243 e. The van der Waals surface area contributed by atoms with E-state index in [1.54, 1.807) is 0 Å². The zero-order chi connectivity index (χ0) is 18.8. The number of carbonyl (C=O) groups excluding carboxylic acids is 3. The number of hydrogen-bond donors (Lipinski definition) is 3. The largest absolute Gasteiger partial charge is 0.368 e. The van der Waals surface area contributed by atoms with Crippen LogP contribution in [0.4, 0.5) is 4.39 Å². The molecule has 0 radical (unpaired) electrons. The molecule has 0 unspecified atom stereocenters. The molecule has 0 aliphatic heterocycles. The second-order valence-electron chi connectivity index (χ2n) is 5.60. The Bertz CT molecular complexity index is 655. The minimum atomic E-state index is -0.930. The predicted molar refractivity (Wildman–Crippen MR) is 88.3 cm³/mol. The third kappa shape index (κ3) is 7.44. The van der Waals surface area contributed by atoms with Gasteiger partial charge in [0.1, 0.15) is 17.9 Å². The van der Waals surface area contributed by atoms with E-state index in [2.05, 4.69) is 10.6 Å². The topological polar surface area (TPSA) is 125 Å². The first-order valence-electron chi connectivity index (χ1n) is 7.81. The second kappa shape index (κ2) is 10.0. The van der Waals surface area contributed by atoms with E-state index >= 15 is 0 Å². The van der Waals surface area contributed by atoms with Gasteiger partial charge in [0, 0.05) is 19.8 Å². The van der Waals surface area contributed by atoms with Crippen molar-refractivity contribution in [2.45, 2.75) is 44.7 Å². The highest BCUT2D eigenvalue weighted by Gasteiger charge is 2.25.